The summed E-state index contributed by atoms with van der Waals surface area (Å²) in [7, 11) is 3.26. The molecule has 1 heterocycles. The lowest BCUT2D eigenvalue weighted by Crippen LogP contribution is -2.30. The van der Waals surface area contributed by atoms with Gasteiger partial charge in [-0.15, -0.1) is 11.8 Å². The maximum Gasteiger partial charge on any atom is 0.255 e. The lowest BCUT2D eigenvalue weighted by Gasteiger charge is -2.26. The Hall–Kier alpha value is -2.66. The monoisotopic (exact) mass is 379 g/mol. The molecule has 0 spiro atoms. The Labute approximate surface area is 163 Å². The van der Waals surface area contributed by atoms with E-state index in [9.17, 15) is 4.79 Å². The number of hydrogen-bond acceptors (Lipinski definition) is 4. The average molecular weight is 379 g/mol. The molecule has 1 atom stereocenters. The van der Waals surface area contributed by atoms with Crippen LogP contribution in [0.3, 0.4) is 0 Å². The van der Waals surface area contributed by atoms with Crippen molar-refractivity contribution < 1.29 is 14.3 Å². The minimum Gasteiger partial charge on any atom is -0.493 e. The Morgan fingerprint density at radius 2 is 1.78 bits per heavy atom. The second kappa shape index (κ2) is 7.53. The number of thioether (sulfide) groups is 1. The largest absolute Gasteiger partial charge is 0.493 e. The summed E-state index contributed by atoms with van der Waals surface area (Å²) in [5.74, 6) is 2.31. The van der Waals surface area contributed by atoms with Gasteiger partial charge in [0.15, 0.2) is 11.5 Å². The highest BCUT2D eigenvalue weighted by molar-refractivity contribution is 7.99. The number of amides is 1. The minimum atomic E-state index is -0.0958. The van der Waals surface area contributed by atoms with Crippen molar-refractivity contribution in [1.29, 1.82) is 0 Å². The summed E-state index contributed by atoms with van der Waals surface area (Å²) in [5.41, 5.74) is 1.70. The maximum atomic E-state index is 13.4. The first-order valence-corrected chi connectivity index (χ1v) is 9.90. The fourth-order valence-electron chi connectivity index (χ4n) is 3.61. The highest BCUT2D eigenvalue weighted by Gasteiger charge is 2.34. The third-order valence-electron chi connectivity index (χ3n) is 4.87. The van der Waals surface area contributed by atoms with Gasteiger partial charge in [-0.1, -0.05) is 48.5 Å². The van der Waals surface area contributed by atoms with Crippen LogP contribution in [0.2, 0.25) is 0 Å². The van der Waals surface area contributed by atoms with Crippen LogP contribution in [-0.2, 0) is 0 Å². The van der Waals surface area contributed by atoms with Gasteiger partial charge in [0.2, 0.25) is 0 Å². The Kier molecular flexibility index (Phi) is 4.94. The molecule has 0 radical (unpaired) electrons. The molecule has 0 aromatic heterocycles. The second-order valence-corrected chi connectivity index (χ2v) is 7.52. The van der Waals surface area contributed by atoms with Crippen molar-refractivity contribution >= 4 is 28.4 Å². The van der Waals surface area contributed by atoms with Crippen LogP contribution in [0.1, 0.15) is 21.3 Å². The van der Waals surface area contributed by atoms with Crippen LogP contribution >= 0.6 is 11.8 Å². The Morgan fingerprint density at radius 3 is 2.59 bits per heavy atom. The molecule has 0 N–H and O–H groups in total. The summed E-state index contributed by atoms with van der Waals surface area (Å²) < 4.78 is 11.0. The van der Waals surface area contributed by atoms with E-state index >= 15 is 0 Å². The van der Waals surface area contributed by atoms with Crippen LogP contribution in [0.4, 0.5) is 0 Å². The van der Waals surface area contributed by atoms with E-state index in [2.05, 4.69) is 0 Å². The Morgan fingerprint density at radius 1 is 1.00 bits per heavy atom. The molecule has 0 aliphatic carbocycles. The molecule has 4 nitrogen and oxygen atoms in total. The normalized spacial score (nSPS) is 16.5. The highest BCUT2D eigenvalue weighted by Crippen LogP contribution is 2.45. The summed E-state index contributed by atoms with van der Waals surface area (Å²) in [5, 5.41) is 1.96. The molecule has 0 bridgehead atoms. The van der Waals surface area contributed by atoms with E-state index in [4.69, 9.17) is 9.47 Å². The third-order valence-corrected chi connectivity index (χ3v) is 6.11. The molecule has 5 heteroatoms. The first-order chi connectivity index (χ1) is 13.2. The number of carbonyl (C=O) groups excluding carboxylic acids is 1. The van der Waals surface area contributed by atoms with Gasteiger partial charge in [0.05, 0.1) is 14.2 Å². The quantitative estimate of drug-likeness (QED) is 0.656. The topological polar surface area (TPSA) is 38.8 Å². The summed E-state index contributed by atoms with van der Waals surface area (Å²) in [6, 6.07) is 19.7. The van der Waals surface area contributed by atoms with Crippen molar-refractivity contribution in [2.45, 2.75) is 5.37 Å². The summed E-state index contributed by atoms with van der Waals surface area (Å²) in [6.45, 7) is 0.706. The van der Waals surface area contributed by atoms with E-state index in [1.165, 1.54) is 0 Å². The van der Waals surface area contributed by atoms with Crippen LogP contribution in [0.15, 0.2) is 60.7 Å². The van der Waals surface area contributed by atoms with E-state index in [1.807, 2.05) is 65.6 Å². The van der Waals surface area contributed by atoms with Crippen molar-refractivity contribution in [2.24, 2.45) is 0 Å². The third kappa shape index (κ3) is 3.12. The summed E-state index contributed by atoms with van der Waals surface area (Å²) in [6.07, 6.45) is 0. The number of methoxy groups -OCH3 is 2. The molecular formula is C22H21NO3S. The fraction of sp³-hybridized carbons (Fsp3) is 0.227. The van der Waals surface area contributed by atoms with Crippen LogP contribution in [0, 0.1) is 0 Å². The van der Waals surface area contributed by atoms with Gasteiger partial charge in [-0.05, 0) is 22.9 Å². The van der Waals surface area contributed by atoms with Gasteiger partial charge in [0.25, 0.3) is 5.91 Å². The smallest absolute Gasteiger partial charge is 0.255 e. The molecule has 1 saturated heterocycles. The van der Waals surface area contributed by atoms with E-state index in [1.54, 1.807) is 26.0 Å². The number of ether oxygens (including phenoxy) is 2. The molecule has 138 valence electrons. The van der Waals surface area contributed by atoms with Crippen molar-refractivity contribution in [3.63, 3.8) is 0 Å². The fourth-order valence-corrected chi connectivity index (χ4v) is 4.88. The zero-order valence-electron chi connectivity index (χ0n) is 15.3. The number of benzene rings is 3. The van der Waals surface area contributed by atoms with E-state index < -0.39 is 0 Å². The molecule has 1 aliphatic rings. The van der Waals surface area contributed by atoms with Gasteiger partial charge in [-0.3, -0.25) is 4.79 Å². The first kappa shape index (κ1) is 17.7. The second-order valence-electron chi connectivity index (χ2n) is 6.33. The SMILES string of the molecule is COc1cccc([C@@H]2SCCN2C(=O)c2cccc3ccccc23)c1OC. The molecule has 1 amide bonds. The van der Waals surface area contributed by atoms with Crippen LogP contribution in [0.25, 0.3) is 10.8 Å². The average Bonchev–Trinajstić information content (AvgIpc) is 3.21. The van der Waals surface area contributed by atoms with Crippen molar-refractivity contribution in [2.75, 3.05) is 26.5 Å². The predicted octanol–water partition coefficient (Wildman–Crippen LogP) is 4.74. The number of nitrogens with zero attached hydrogens (tertiary/aromatic N) is 1. The number of fused-ring (bicyclic) bond motifs is 1. The van der Waals surface area contributed by atoms with Gasteiger partial charge in [-0.25, -0.2) is 0 Å². The van der Waals surface area contributed by atoms with Crippen molar-refractivity contribution in [1.82, 2.24) is 4.90 Å². The van der Waals surface area contributed by atoms with Gasteiger partial charge in [0, 0.05) is 23.4 Å². The Bertz CT molecular complexity index is 983. The molecular weight excluding hydrogens is 358 g/mol. The van der Waals surface area contributed by atoms with Crippen LogP contribution < -0.4 is 9.47 Å². The Balaban J connectivity index is 1.75. The lowest BCUT2D eigenvalue weighted by molar-refractivity contribution is 0.0761. The number of rotatable bonds is 4. The lowest BCUT2D eigenvalue weighted by atomic mass is 10.0. The first-order valence-electron chi connectivity index (χ1n) is 8.86. The van der Waals surface area contributed by atoms with Crippen molar-refractivity contribution in [3.8, 4) is 11.5 Å². The number of para-hydroxylation sites is 1. The molecule has 3 aromatic rings. The minimum absolute atomic E-state index is 0.0478. The molecule has 27 heavy (non-hydrogen) atoms. The zero-order chi connectivity index (χ0) is 18.8. The zero-order valence-corrected chi connectivity index (χ0v) is 16.2. The van der Waals surface area contributed by atoms with Crippen LogP contribution in [-0.4, -0.2) is 37.3 Å². The van der Waals surface area contributed by atoms with E-state index in [0.717, 1.165) is 27.7 Å². The molecule has 4 rings (SSSR count). The number of hydrogen-bond donors (Lipinski definition) is 0. The van der Waals surface area contributed by atoms with Gasteiger partial charge >= 0.3 is 0 Å². The van der Waals surface area contributed by atoms with E-state index in [-0.39, 0.29) is 11.3 Å². The van der Waals surface area contributed by atoms with Gasteiger partial charge in [0.1, 0.15) is 5.37 Å². The maximum absolute atomic E-state index is 13.4. The summed E-state index contributed by atoms with van der Waals surface area (Å²) in [4.78, 5) is 15.4. The highest BCUT2D eigenvalue weighted by atomic mass is 32.2. The van der Waals surface area contributed by atoms with Crippen LogP contribution in [0.5, 0.6) is 11.5 Å². The molecule has 1 aliphatic heterocycles. The van der Waals surface area contributed by atoms with E-state index in [0.29, 0.717) is 18.0 Å². The molecule has 3 aromatic carbocycles. The molecule has 0 unspecified atom stereocenters. The van der Waals surface area contributed by atoms with Gasteiger partial charge in [-0.2, -0.15) is 0 Å². The summed E-state index contributed by atoms with van der Waals surface area (Å²) >= 11 is 1.75. The predicted molar refractivity (Wildman–Crippen MR) is 110 cm³/mol. The standard InChI is InChI=1S/C22H21NO3S/c1-25-19-12-6-11-18(20(19)26-2)22-23(13-14-27-22)21(24)17-10-5-8-15-7-3-4-9-16(15)17/h3-12,22H,13-14H2,1-2H3/t22-/m0/s1. The molecule has 0 saturated carbocycles. The molecule has 1 fully saturated rings. The van der Waals surface area contributed by atoms with Gasteiger partial charge < -0.3 is 14.4 Å². The van der Waals surface area contributed by atoms with Crippen molar-refractivity contribution in [3.05, 3.63) is 71.8 Å². The number of carbonyl (C=O) groups is 1.